The molecule has 3 aromatic rings. The van der Waals surface area contributed by atoms with Crippen molar-refractivity contribution < 1.29 is 49.5 Å². The van der Waals surface area contributed by atoms with Crippen LogP contribution in [0.3, 0.4) is 0 Å². The Balaban J connectivity index is 0.000000217. The molecule has 2 aliphatic heterocycles. The fourth-order valence-corrected chi connectivity index (χ4v) is 13.7. The summed E-state index contributed by atoms with van der Waals surface area (Å²) < 4.78 is 0.649. The maximum atomic E-state index is 2.52. The molecule has 0 spiro atoms. The van der Waals surface area contributed by atoms with Gasteiger partial charge >= 0.3 is 143 Å². The van der Waals surface area contributed by atoms with Gasteiger partial charge in [-0.05, 0) is 30.7 Å². The number of fused-ring (bicyclic) bond motifs is 1. The number of allylic oxidation sites excluding steroid dienone is 2. The number of unbranched alkanes of at least 4 members (excludes halogenated alkanes) is 2. The van der Waals surface area contributed by atoms with E-state index in [9.17, 15) is 0 Å². The van der Waals surface area contributed by atoms with Crippen LogP contribution in [0.25, 0.3) is 22.4 Å². The molecule has 37 heavy (non-hydrogen) atoms. The number of benzene rings is 2. The average Bonchev–Trinajstić information content (AvgIpc) is 3.48. The van der Waals surface area contributed by atoms with Gasteiger partial charge in [0.25, 0.3) is 0 Å². The van der Waals surface area contributed by atoms with Crippen LogP contribution in [0.4, 0.5) is 0 Å². The van der Waals surface area contributed by atoms with Crippen LogP contribution < -0.4 is 24.8 Å². The zero-order chi connectivity index (χ0) is 24.9. The smallest absolute Gasteiger partial charge is 1.00 e. The fourth-order valence-electron chi connectivity index (χ4n) is 6.53. The molecule has 7 rings (SSSR count). The molecule has 1 aromatic heterocycles. The van der Waals surface area contributed by atoms with Gasteiger partial charge in [0, 0.05) is 15.3 Å². The molecule has 0 amide bonds. The van der Waals surface area contributed by atoms with E-state index < -0.39 is 8.07 Å². The summed E-state index contributed by atoms with van der Waals surface area (Å²) in [6.45, 7) is 14.1. The van der Waals surface area contributed by atoms with Gasteiger partial charge in [-0.25, -0.2) is 0 Å². The second-order valence-corrected chi connectivity index (χ2v) is 18.3. The molecule has 0 nitrogen and oxygen atoms in total. The van der Waals surface area contributed by atoms with E-state index in [1.165, 1.54) is 64.0 Å². The van der Waals surface area contributed by atoms with Crippen molar-refractivity contribution in [3.05, 3.63) is 91.7 Å². The summed E-state index contributed by atoms with van der Waals surface area (Å²) in [4.78, 5) is 3.14. The Labute approximate surface area is 256 Å². The molecular formula is C32H37Cl2SSiZr. The van der Waals surface area contributed by atoms with Crippen LogP contribution in [0.1, 0.15) is 81.2 Å². The van der Waals surface area contributed by atoms with Crippen LogP contribution in [0.15, 0.2) is 59.7 Å². The van der Waals surface area contributed by atoms with Crippen LogP contribution in [0, 0.1) is 6.92 Å². The van der Waals surface area contributed by atoms with Crippen molar-refractivity contribution in [3.63, 3.8) is 0 Å². The predicted molar refractivity (Wildman–Crippen MR) is 153 cm³/mol. The van der Waals surface area contributed by atoms with Crippen LogP contribution >= 0.6 is 11.3 Å². The summed E-state index contributed by atoms with van der Waals surface area (Å²) in [5, 5.41) is 1.78. The van der Waals surface area contributed by atoms with Gasteiger partial charge in [-0.1, -0.05) is 25.6 Å². The summed E-state index contributed by atoms with van der Waals surface area (Å²) >= 11 is 3.60. The van der Waals surface area contributed by atoms with Crippen LogP contribution in [0.2, 0.25) is 13.1 Å². The molecule has 2 bridgehead atoms. The molecule has 2 unspecified atom stereocenters. The Morgan fingerprint density at radius 2 is 1.62 bits per heavy atom. The van der Waals surface area contributed by atoms with Crippen molar-refractivity contribution in [2.45, 2.75) is 75.6 Å². The van der Waals surface area contributed by atoms with E-state index in [2.05, 4.69) is 95.4 Å². The summed E-state index contributed by atoms with van der Waals surface area (Å²) in [6, 6.07) is 18.4. The van der Waals surface area contributed by atoms with Gasteiger partial charge < -0.3 is 24.8 Å². The number of hydrogen-bond donors (Lipinski definition) is 0. The third-order valence-corrected chi connectivity index (χ3v) is 15.5. The summed E-state index contributed by atoms with van der Waals surface area (Å²) in [7, 11) is -0.995. The van der Waals surface area contributed by atoms with E-state index in [0.29, 0.717) is 3.63 Å². The van der Waals surface area contributed by atoms with Crippen molar-refractivity contribution in [3.8, 4) is 11.1 Å². The number of halogens is 2. The van der Waals surface area contributed by atoms with E-state index in [1.807, 2.05) is 11.3 Å². The Hall–Kier alpha value is -0.700. The van der Waals surface area contributed by atoms with Gasteiger partial charge in [0.05, 0.1) is 8.07 Å². The Bertz CT molecular complexity index is 1330. The first-order chi connectivity index (χ1) is 16.7. The quantitative estimate of drug-likeness (QED) is 0.293. The Kier molecular flexibility index (Phi) is 10.2. The van der Waals surface area contributed by atoms with Crippen molar-refractivity contribution in [2.24, 2.45) is 0 Å². The minimum atomic E-state index is -0.995. The predicted octanol–water partition coefficient (Wildman–Crippen LogP) is 3.83. The number of aryl methyl sites for hydroxylation is 2. The van der Waals surface area contributed by atoms with Gasteiger partial charge in [-0.2, -0.15) is 0 Å². The van der Waals surface area contributed by atoms with Crippen molar-refractivity contribution in [1.29, 1.82) is 0 Å². The normalized spacial score (nSPS) is 19.5. The molecule has 5 heteroatoms. The molecular weight excluding hydrogens is 607 g/mol. The fraction of sp³-hybridized carbons (Fsp3) is 0.375. The molecule has 4 aliphatic rings. The van der Waals surface area contributed by atoms with Crippen molar-refractivity contribution in [1.82, 2.24) is 0 Å². The molecule has 0 N–H and O–H groups in total. The largest absolute Gasteiger partial charge is 1.00 e. The van der Waals surface area contributed by atoms with Gasteiger partial charge in [-0.3, -0.25) is 0 Å². The zero-order valence-corrected chi connectivity index (χ0v) is 28.6. The topological polar surface area (TPSA) is 0 Å². The van der Waals surface area contributed by atoms with Crippen LogP contribution in [-0.4, -0.2) is 8.07 Å². The Morgan fingerprint density at radius 1 is 0.919 bits per heavy atom. The molecule has 0 radical (unpaired) electrons. The SMILES string of the molecule is CC1=C2c3sc(C)cc3C1[Si]2(C)C.CCCCCc1ccc(-c2cccc3c2C=C(C)[CH]3[Zr+2])cc1.[Cl-].[Cl-]. The molecule has 2 aliphatic carbocycles. The van der Waals surface area contributed by atoms with Gasteiger partial charge in [0.2, 0.25) is 0 Å². The first-order valence-electron chi connectivity index (χ1n) is 13.2. The van der Waals surface area contributed by atoms with E-state index in [1.54, 1.807) is 45.9 Å². The van der Waals surface area contributed by atoms with Crippen LogP contribution in [0.5, 0.6) is 0 Å². The number of thiophene rings is 1. The van der Waals surface area contributed by atoms with Gasteiger partial charge in [0.15, 0.2) is 0 Å². The molecule has 0 saturated heterocycles. The first kappa shape index (κ1) is 30.8. The zero-order valence-electron chi connectivity index (χ0n) is 22.8. The van der Waals surface area contributed by atoms with Crippen molar-refractivity contribution >= 4 is 30.7 Å². The van der Waals surface area contributed by atoms with Gasteiger partial charge in [-0.15, -0.1) is 11.3 Å². The van der Waals surface area contributed by atoms with E-state index >= 15 is 0 Å². The molecule has 2 atom stereocenters. The molecule has 0 fully saturated rings. The number of hydrogen-bond acceptors (Lipinski definition) is 1. The first-order valence-corrected chi connectivity index (χ1v) is 18.5. The van der Waals surface area contributed by atoms with E-state index in [-0.39, 0.29) is 24.8 Å². The summed E-state index contributed by atoms with van der Waals surface area (Å²) in [6.07, 6.45) is 7.53. The van der Waals surface area contributed by atoms with Gasteiger partial charge in [0.1, 0.15) is 0 Å². The van der Waals surface area contributed by atoms with Crippen molar-refractivity contribution in [2.75, 3.05) is 0 Å². The standard InChI is InChI=1S/C21H23.C11H14SSi.2ClH.Zr/c1-3-4-5-7-17-10-12-18(13-11-17)20-9-6-8-19-14-16(2)15-21(19)20;1-6-5-8-9(12-6)11-7(2)10(8)13(11,3)4;;;/h6,8-15H,3-5,7H2,1-2H3;5,10H,1-4H3;2*1H;/q;;;;+2/p-2. The molecule has 193 valence electrons. The second kappa shape index (κ2) is 12.2. The van der Waals surface area contributed by atoms with Crippen LogP contribution in [-0.2, 0) is 31.1 Å². The molecule has 3 heterocycles. The Morgan fingerprint density at radius 3 is 2.24 bits per heavy atom. The molecule has 0 saturated carbocycles. The summed E-state index contributed by atoms with van der Waals surface area (Å²) in [5.74, 6) is 0. The monoisotopic (exact) mass is 641 g/mol. The van der Waals surface area contributed by atoms with E-state index in [4.69, 9.17) is 0 Å². The van der Waals surface area contributed by atoms with E-state index in [0.717, 1.165) is 5.54 Å². The minimum Gasteiger partial charge on any atom is -1.00 e. The summed E-state index contributed by atoms with van der Waals surface area (Å²) in [5.41, 5.74) is 12.9. The minimum absolute atomic E-state index is 0. The number of rotatable bonds is 5. The molecule has 2 aromatic carbocycles. The maximum absolute atomic E-state index is 2.52. The average molecular weight is 644 g/mol. The third-order valence-electron chi connectivity index (χ3n) is 8.23. The maximum Gasteiger partial charge on any atom is -1.00 e. The second-order valence-electron chi connectivity index (χ2n) is 11.1. The third kappa shape index (κ3) is 5.51.